The van der Waals surface area contributed by atoms with Crippen molar-refractivity contribution in [1.82, 2.24) is 16.0 Å². The molecule has 0 aliphatic carbocycles. The molecule has 0 aliphatic rings. The molecule has 2 aromatic rings. The van der Waals surface area contributed by atoms with Gasteiger partial charge in [-0.25, -0.2) is 4.99 Å². The van der Waals surface area contributed by atoms with Gasteiger partial charge < -0.3 is 10.6 Å². The van der Waals surface area contributed by atoms with Crippen molar-refractivity contribution in [3.05, 3.63) is 69.7 Å². The quantitative estimate of drug-likeness (QED) is 0.216. The number of halogens is 2. The summed E-state index contributed by atoms with van der Waals surface area (Å²) in [5.74, 6) is -0.0101. The first-order valence-electron chi connectivity index (χ1n) is 8.96. The zero-order valence-electron chi connectivity index (χ0n) is 16.5. The predicted octanol–water partition coefficient (Wildman–Crippen LogP) is 4.31. The molecule has 0 aromatic heterocycles. The lowest BCUT2D eigenvalue weighted by Crippen LogP contribution is -2.57. The third kappa shape index (κ3) is 7.30. The Morgan fingerprint density at radius 3 is 2.38 bits per heavy atom. The molecule has 1 amide bonds. The fraction of sp³-hybridized carbons (Fsp3) is 0.286. The van der Waals surface area contributed by atoms with Crippen molar-refractivity contribution >= 4 is 35.1 Å². The van der Waals surface area contributed by atoms with Crippen molar-refractivity contribution in [3.63, 3.8) is 0 Å². The van der Waals surface area contributed by atoms with Gasteiger partial charge in [-0.05, 0) is 42.0 Å². The molecular formula is C21H23Cl2N5O. The Hall–Kier alpha value is -2.75. The summed E-state index contributed by atoms with van der Waals surface area (Å²) in [6.45, 7) is 6.22. The number of benzene rings is 2. The van der Waals surface area contributed by atoms with Crippen LogP contribution in [0, 0.1) is 16.9 Å². The van der Waals surface area contributed by atoms with Crippen LogP contribution in [0.25, 0.3) is 0 Å². The Bertz CT molecular complexity index is 914. The van der Waals surface area contributed by atoms with E-state index >= 15 is 0 Å². The first-order chi connectivity index (χ1) is 13.7. The second-order valence-electron chi connectivity index (χ2n) is 7.46. The van der Waals surface area contributed by atoms with Gasteiger partial charge >= 0.3 is 0 Å². The summed E-state index contributed by atoms with van der Waals surface area (Å²) in [5.41, 5.74) is 1.01. The highest BCUT2D eigenvalue weighted by Crippen LogP contribution is 2.18. The number of hydrogen-bond donors (Lipinski definition) is 3. The van der Waals surface area contributed by atoms with Crippen LogP contribution in [0.3, 0.4) is 0 Å². The predicted molar refractivity (Wildman–Crippen MR) is 117 cm³/mol. The Morgan fingerprint density at radius 1 is 1.10 bits per heavy atom. The van der Waals surface area contributed by atoms with E-state index in [0.717, 1.165) is 5.56 Å². The number of amides is 1. The molecule has 8 heteroatoms. The molecule has 0 fully saturated rings. The van der Waals surface area contributed by atoms with Crippen LogP contribution in [0.15, 0.2) is 53.5 Å². The van der Waals surface area contributed by atoms with Gasteiger partial charge in [0.2, 0.25) is 5.96 Å². The van der Waals surface area contributed by atoms with E-state index in [9.17, 15) is 4.79 Å². The van der Waals surface area contributed by atoms with Crippen LogP contribution in [0.4, 0.5) is 0 Å². The molecule has 0 bridgehead atoms. The SMILES string of the molecule is CC(C)(C)C(NC(=O)c1ccc(Cl)cc1)NC(=NCc1cccc(Cl)c1)NC#N. The van der Waals surface area contributed by atoms with Crippen molar-refractivity contribution in [2.24, 2.45) is 10.4 Å². The minimum atomic E-state index is -0.496. The number of carbonyl (C=O) groups excluding carboxylic acids is 1. The minimum absolute atomic E-state index is 0.254. The van der Waals surface area contributed by atoms with Crippen LogP contribution in [0.2, 0.25) is 10.0 Å². The molecule has 6 nitrogen and oxygen atoms in total. The van der Waals surface area contributed by atoms with Crippen LogP contribution >= 0.6 is 23.2 Å². The van der Waals surface area contributed by atoms with E-state index < -0.39 is 6.17 Å². The van der Waals surface area contributed by atoms with Gasteiger partial charge in [0, 0.05) is 21.0 Å². The molecule has 152 valence electrons. The highest BCUT2D eigenvalue weighted by Gasteiger charge is 2.27. The zero-order chi connectivity index (χ0) is 21.4. The molecule has 3 N–H and O–H groups in total. The van der Waals surface area contributed by atoms with Crippen molar-refractivity contribution < 1.29 is 4.79 Å². The molecule has 0 spiro atoms. The molecule has 1 unspecified atom stereocenters. The van der Waals surface area contributed by atoms with Crippen molar-refractivity contribution in [3.8, 4) is 6.19 Å². The molecule has 0 aliphatic heterocycles. The first-order valence-corrected chi connectivity index (χ1v) is 9.71. The number of nitriles is 1. The number of carbonyl (C=O) groups is 1. The zero-order valence-corrected chi connectivity index (χ0v) is 18.0. The van der Waals surface area contributed by atoms with E-state index in [4.69, 9.17) is 28.5 Å². The van der Waals surface area contributed by atoms with Crippen LogP contribution in [0.5, 0.6) is 0 Å². The third-order valence-corrected chi connectivity index (χ3v) is 4.50. The summed E-state index contributed by atoms with van der Waals surface area (Å²) in [6.07, 6.45) is 1.37. The summed E-state index contributed by atoms with van der Waals surface area (Å²) in [7, 11) is 0. The molecule has 1 atom stereocenters. The maximum absolute atomic E-state index is 12.6. The highest BCUT2D eigenvalue weighted by atomic mass is 35.5. The van der Waals surface area contributed by atoms with Gasteiger partial charge in [-0.3, -0.25) is 10.1 Å². The first kappa shape index (κ1) is 22.5. The summed E-state index contributed by atoms with van der Waals surface area (Å²) < 4.78 is 0. The maximum atomic E-state index is 12.6. The second kappa shape index (κ2) is 10.1. The lowest BCUT2D eigenvalue weighted by atomic mass is 9.92. The van der Waals surface area contributed by atoms with Gasteiger partial charge in [-0.1, -0.05) is 56.1 Å². The van der Waals surface area contributed by atoms with E-state index in [1.165, 1.54) is 0 Å². The van der Waals surface area contributed by atoms with Crippen LogP contribution in [0.1, 0.15) is 36.7 Å². The van der Waals surface area contributed by atoms with Gasteiger partial charge in [0.15, 0.2) is 6.19 Å². The minimum Gasteiger partial charge on any atom is -0.335 e. The Kier molecular flexibility index (Phi) is 7.89. The van der Waals surface area contributed by atoms with E-state index in [0.29, 0.717) is 22.2 Å². The van der Waals surface area contributed by atoms with Gasteiger partial charge in [-0.2, -0.15) is 5.26 Å². The summed E-state index contributed by atoms with van der Waals surface area (Å²) >= 11 is 11.9. The smallest absolute Gasteiger partial charge is 0.252 e. The number of nitrogens with one attached hydrogen (secondary N) is 3. The Morgan fingerprint density at radius 2 is 1.79 bits per heavy atom. The molecule has 29 heavy (non-hydrogen) atoms. The maximum Gasteiger partial charge on any atom is 0.252 e. The van der Waals surface area contributed by atoms with Gasteiger partial charge in [0.05, 0.1) is 6.54 Å². The van der Waals surface area contributed by atoms with E-state index in [2.05, 4.69) is 20.9 Å². The van der Waals surface area contributed by atoms with E-state index in [-0.39, 0.29) is 17.3 Å². The third-order valence-electron chi connectivity index (χ3n) is 4.01. The standard InChI is InChI=1S/C21H23Cl2N5O/c1-21(2,3)19(27-18(29)15-7-9-16(22)10-8-15)28-20(26-13-24)25-12-14-5-4-6-17(23)11-14/h4-11,19H,12H2,1-3H3,(H,27,29)(H2,25,26,28). The monoisotopic (exact) mass is 431 g/mol. The largest absolute Gasteiger partial charge is 0.335 e. The number of hydrogen-bond acceptors (Lipinski definition) is 3. The number of rotatable bonds is 5. The molecule has 0 saturated carbocycles. The van der Waals surface area contributed by atoms with E-state index in [1.807, 2.05) is 39.1 Å². The lowest BCUT2D eigenvalue weighted by molar-refractivity contribution is 0.0894. The molecule has 0 heterocycles. The lowest BCUT2D eigenvalue weighted by Gasteiger charge is -2.33. The van der Waals surface area contributed by atoms with Crippen LogP contribution in [-0.4, -0.2) is 18.0 Å². The molecule has 2 rings (SSSR count). The molecule has 2 aromatic carbocycles. The highest BCUT2D eigenvalue weighted by molar-refractivity contribution is 6.30. The fourth-order valence-electron chi connectivity index (χ4n) is 2.40. The van der Waals surface area contributed by atoms with Crippen LogP contribution < -0.4 is 16.0 Å². The topological polar surface area (TPSA) is 89.3 Å². The molecule has 0 radical (unpaired) electrons. The molecule has 0 saturated heterocycles. The summed E-state index contributed by atoms with van der Waals surface area (Å²) in [6, 6.07) is 13.9. The van der Waals surface area contributed by atoms with Gasteiger partial charge in [0.25, 0.3) is 5.91 Å². The van der Waals surface area contributed by atoms with Gasteiger partial charge in [0.1, 0.15) is 6.17 Å². The van der Waals surface area contributed by atoms with Crippen molar-refractivity contribution in [1.29, 1.82) is 5.26 Å². The van der Waals surface area contributed by atoms with Crippen molar-refractivity contribution in [2.45, 2.75) is 33.5 Å². The number of nitrogens with zero attached hydrogens (tertiary/aromatic N) is 2. The normalized spacial score (nSPS) is 12.6. The average Bonchev–Trinajstić information content (AvgIpc) is 2.65. The van der Waals surface area contributed by atoms with Gasteiger partial charge in [-0.15, -0.1) is 0 Å². The Balaban J connectivity index is 2.16. The van der Waals surface area contributed by atoms with E-state index in [1.54, 1.807) is 36.4 Å². The molecular weight excluding hydrogens is 409 g/mol. The Labute approximate surface area is 180 Å². The number of aliphatic imine (C=N–C) groups is 1. The summed E-state index contributed by atoms with van der Waals surface area (Å²) in [5, 5.41) is 18.8. The average molecular weight is 432 g/mol. The van der Waals surface area contributed by atoms with Crippen LogP contribution in [-0.2, 0) is 6.54 Å². The second-order valence-corrected chi connectivity index (χ2v) is 8.33. The summed E-state index contributed by atoms with van der Waals surface area (Å²) in [4.78, 5) is 17.0. The van der Waals surface area contributed by atoms with Crippen molar-refractivity contribution in [2.75, 3.05) is 0 Å². The number of guanidine groups is 1. The fourth-order valence-corrected chi connectivity index (χ4v) is 2.74.